The molecule has 1 heterocycles. The molecule has 1 atom stereocenters. The molecule has 1 radical (unpaired) electrons. The number of aliphatic hydroxyl groups excluding tert-OH is 1. The monoisotopic (exact) mass is 199 g/mol. The van der Waals surface area contributed by atoms with Crippen LogP contribution in [0.15, 0.2) is 11.6 Å². The second-order valence-corrected chi connectivity index (χ2v) is 4.86. The van der Waals surface area contributed by atoms with E-state index in [1.165, 1.54) is 0 Å². The van der Waals surface area contributed by atoms with Gasteiger partial charge in [-0.05, 0) is 33.3 Å². The van der Waals surface area contributed by atoms with Gasteiger partial charge in [0.15, 0.2) is 0 Å². The number of nitrogens with zero attached hydrogens (tertiary/aromatic N) is 1. The van der Waals surface area contributed by atoms with Gasteiger partial charge in [0.2, 0.25) is 0 Å². The van der Waals surface area contributed by atoms with E-state index in [9.17, 15) is 10.3 Å². The summed E-state index contributed by atoms with van der Waals surface area (Å²) in [7, 11) is 0. The minimum Gasteiger partial charge on any atom is -0.387 e. The Morgan fingerprint density at radius 1 is 1.50 bits per heavy atom. The van der Waals surface area contributed by atoms with Gasteiger partial charge in [-0.25, -0.2) is 0 Å². The van der Waals surface area contributed by atoms with Crippen molar-refractivity contribution in [3.8, 4) is 0 Å². The van der Waals surface area contributed by atoms with Gasteiger partial charge in [-0.15, -0.1) is 10.3 Å². The van der Waals surface area contributed by atoms with Crippen LogP contribution in [-0.2, 0) is 5.21 Å². The molecule has 0 aromatic carbocycles. The van der Waals surface area contributed by atoms with E-state index in [-0.39, 0.29) is 6.54 Å². The SMILES string of the molecule is CC1(C)C=C(C(O)CN)C(C)(C)N1[O]. The third-order valence-corrected chi connectivity index (χ3v) is 2.83. The van der Waals surface area contributed by atoms with Gasteiger partial charge in [0.05, 0.1) is 17.2 Å². The molecule has 0 saturated carbocycles. The number of hydroxylamine groups is 2. The molecule has 4 nitrogen and oxygen atoms in total. The first-order valence-electron chi connectivity index (χ1n) is 4.82. The quantitative estimate of drug-likeness (QED) is 0.634. The van der Waals surface area contributed by atoms with Crippen molar-refractivity contribution in [3.05, 3.63) is 11.6 Å². The lowest BCUT2D eigenvalue weighted by Crippen LogP contribution is -2.48. The summed E-state index contributed by atoms with van der Waals surface area (Å²) in [6, 6.07) is 0. The number of hydrogen-bond acceptors (Lipinski definition) is 3. The van der Waals surface area contributed by atoms with Gasteiger partial charge in [-0.1, -0.05) is 6.08 Å². The highest BCUT2D eigenvalue weighted by Crippen LogP contribution is 2.39. The van der Waals surface area contributed by atoms with E-state index in [4.69, 9.17) is 5.73 Å². The number of hydrogen-bond donors (Lipinski definition) is 2. The summed E-state index contributed by atoms with van der Waals surface area (Å²) in [5, 5.41) is 22.6. The Kier molecular flexibility index (Phi) is 2.75. The molecule has 0 aromatic rings. The standard InChI is InChI=1S/C10H19N2O2/c1-9(2)5-7(8(13)6-11)10(3,4)12(9)14/h5,8,13H,6,11H2,1-4H3. The van der Waals surface area contributed by atoms with Crippen molar-refractivity contribution < 1.29 is 10.3 Å². The van der Waals surface area contributed by atoms with E-state index < -0.39 is 17.2 Å². The highest BCUT2D eigenvalue weighted by atomic mass is 16.5. The van der Waals surface area contributed by atoms with Gasteiger partial charge >= 0.3 is 0 Å². The van der Waals surface area contributed by atoms with Crippen LogP contribution in [0.4, 0.5) is 0 Å². The molecule has 0 amide bonds. The third kappa shape index (κ3) is 1.59. The normalized spacial score (nSPS) is 27.5. The fraction of sp³-hybridized carbons (Fsp3) is 0.800. The molecule has 4 heteroatoms. The summed E-state index contributed by atoms with van der Waals surface area (Å²) in [4.78, 5) is 0. The minimum absolute atomic E-state index is 0.152. The second kappa shape index (κ2) is 3.31. The van der Waals surface area contributed by atoms with Gasteiger partial charge < -0.3 is 10.8 Å². The molecule has 0 saturated heterocycles. The first-order valence-corrected chi connectivity index (χ1v) is 4.82. The summed E-state index contributed by atoms with van der Waals surface area (Å²) in [6.07, 6.45) is 1.10. The zero-order valence-electron chi connectivity index (χ0n) is 9.24. The van der Waals surface area contributed by atoms with Crippen LogP contribution in [0, 0.1) is 0 Å². The molecule has 1 aliphatic rings. The van der Waals surface area contributed by atoms with Gasteiger partial charge in [-0.2, -0.15) is 0 Å². The molecule has 3 N–H and O–H groups in total. The van der Waals surface area contributed by atoms with Crippen molar-refractivity contribution in [1.82, 2.24) is 5.06 Å². The summed E-state index contributed by atoms with van der Waals surface area (Å²) in [5.41, 5.74) is 4.89. The van der Waals surface area contributed by atoms with Crippen molar-refractivity contribution in [2.45, 2.75) is 44.9 Å². The van der Waals surface area contributed by atoms with Crippen LogP contribution in [0.2, 0.25) is 0 Å². The maximum atomic E-state index is 11.9. The van der Waals surface area contributed by atoms with Gasteiger partial charge in [0.1, 0.15) is 0 Å². The molecule has 1 aliphatic heterocycles. The average Bonchev–Trinajstić information content (AvgIpc) is 2.25. The lowest BCUT2D eigenvalue weighted by molar-refractivity contribution is -0.239. The zero-order chi connectivity index (χ0) is 11.1. The smallest absolute Gasteiger partial charge is 0.0891 e. The molecule has 14 heavy (non-hydrogen) atoms. The van der Waals surface area contributed by atoms with E-state index in [0.717, 1.165) is 10.6 Å². The van der Waals surface area contributed by atoms with E-state index >= 15 is 0 Å². The molecular weight excluding hydrogens is 180 g/mol. The maximum absolute atomic E-state index is 11.9. The van der Waals surface area contributed by atoms with Crippen LogP contribution >= 0.6 is 0 Å². The zero-order valence-corrected chi connectivity index (χ0v) is 9.24. The molecule has 81 valence electrons. The van der Waals surface area contributed by atoms with Crippen LogP contribution in [0.1, 0.15) is 27.7 Å². The average molecular weight is 199 g/mol. The Morgan fingerprint density at radius 2 is 2.00 bits per heavy atom. The van der Waals surface area contributed by atoms with Crippen molar-refractivity contribution in [2.24, 2.45) is 5.73 Å². The molecule has 0 bridgehead atoms. The number of nitrogens with two attached hydrogens (primary N) is 1. The third-order valence-electron chi connectivity index (χ3n) is 2.83. The Labute approximate surface area is 85.0 Å². The van der Waals surface area contributed by atoms with Gasteiger partial charge in [0.25, 0.3) is 0 Å². The fourth-order valence-corrected chi connectivity index (χ4v) is 2.08. The van der Waals surface area contributed by atoms with E-state index in [2.05, 4.69) is 0 Å². The van der Waals surface area contributed by atoms with Crippen LogP contribution in [0.5, 0.6) is 0 Å². The van der Waals surface area contributed by atoms with Crippen molar-refractivity contribution in [1.29, 1.82) is 0 Å². The molecule has 0 aromatic heterocycles. The topological polar surface area (TPSA) is 69.4 Å². The molecule has 1 unspecified atom stereocenters. The Balaban J connectivity index is 3.06. The second-order valence-electron chi connectivity index (χ2n) is 4.86. The summed E-state index contributed by atoms with van der Waals surface area (Å²) >= 11 is 0. The predicted molar refractivity (Wildman–Crippen MR) is 53.8 cm³/mol. The fourth-order valence-electron chi connectivity index (χ4n) is 2.08. The highest BCUT2D eigenvalue weighted by Gasteiger charge is 2.47. The van der Waals surface area contributed by atoms with Crippen molar-refractivity contribution >= 4 is 0 Å². The maximum Gasteiger partial charge on any atom is 0.0891 e. The van der Waals surface area contributed by atoms with Gasteiger partial charge in [-0.3, -0.25) is 0 Å². The minimum atomic E-state index is -0.719. The summed E-state index contributed by atoms with van der Waals surface area (Å²) in [6.45, 7) is 7.42. The van der Waals surface area contributed by atoms with E-state index in [0.29, 0.717) is 0 Å². The summed E-state index contributed by atoms with van der Waals surface area (Å²) in [5.74, 6) is 0. The van der Waals surface area contributed by atoms with E-state index in [1.54, 1.807) is 13.8 Å². The molecule has 1 rings (SSSR count). The van der Waals surface area contributed by atoms with Crippen LogP contribution in [0.3, 0.4) is 0 Å². The molecule has 0 aliphatic carbocycles. The molecule has 0 spiro atoms. The highest BCUT2D eigenvalue weighted by molar-refractivity contribution is 5.32. The predicted octanol–water partition coefficient (Wildman–Crippen LogP) is 0.451. The largest absolute Gasteiger partial charge is 0.387 e. The Morgan fingerprint density at radius 3 is 2.29 bits per heavy atom. The number of aliphatic hydroxyl groups is 1. The first kappa shape index (κ1) is 11.7. The van der Waals surface area contributed by atoms with Crippen molar-refractivity contribution in [2.75, 3.05) is 6.54 Å². The van der Waals surface area contributed by atoms with Gasteiger partial charge in [0, 0.05) is 6.54 Å². The van der Waals surface area contributed by atoms with Crippen LogP contribution in [-0.4, -0.2) is 33.9 Å². The Hall–Kier alpha value is -0.420. The van der Waals surface area contributed by atoms with Crippen LogP contribution < -0.4 is 5.73 Å². The lowest BCUT2D eigenvalue weighted by atomic mass is 9.92. The van der Waals surface area contributed by atoms with Crippen molar-refractivity contribution in [3.63, 3.8) is 0 Å². The molecule has 0 fully saturated rings. The number of rotatable bonds is 2. The molecular formula is C10H19N2O2. The van der Waals surface area contributed by atoms with E-state index in [1.807, 2.05) is 19.9 Å². The lowest BCUT2D eigenvalue weighted by Gasteiger charge is -2.34. The first-order chi connectivity index (χ1) is 6.23. The Bertz CT molecular complexity index is 259. The van der Waals surface area contributed by atoms with Crippen LogP contribution in [0.25, 0.3) is 0 Å². The summed E-state index contributed by atoms with van der Waals surface area (Å²) < 4.78 is 0.